The van der Waals surface area contributed by atoms with Crippen LogP contribution in [0, 0.1) is 5.41 Å². The molecule has 1 aliphatic heterocycles. The number of nitrogens with zero attached hydrogens (tertiary/aromatic N) is 1. The van der Waals surface area contributed by atoms with Crippen molar-refractivity contribution in [3.63, 3.8) is 0 Å². The number of nitrogens with one attached hydrogen (secondary N) is 2. The third kappa shape index (κ3) is 3.63. The zero-order valence-corrected chi connectivity index (χ0v) is 13.9. The van der Waals surface area contributed by atoms with E-state index in [4.69, 9.17) is 4.74 Å². The summed E-state index contributed by atoms with van der Waals surface area (Å²) in [5, 5.41) is 6.37. The summed E-state index contributed by atoms with van der Waals surface area (Å²) in [6, 6.07) is 15.6. The van der Waals surface area contributed by atoms with Crippen LogP contribution >= 0.6 is 0 Å². The fraction of sp³-hybridized carbons (Fsp3) is 0.368. The van der Waals surface area contributed by atoms with Gasteiger partial charge in [-0.1, -0.05) is 36.4 Å². The van der Waals surface area contributed by atoms with E-state index in [9.17, 15) is 4.79 Å². The summed E-state index contributed by atoms with van der Waals surface area (Å²) in [7, 11) is 1.63. The predicted molar refractivity (Wildman–Crippen MR) is 92.4 cm³/mol. The molecule has 1 saturated heterocycles. The Kier molecular flexibility index (Phi) is 5.23. The quantitative estimate of drug-likeness (QED) is 0.814. The average Bonchev–Trinajstić information content (AvgIpc) is 2.59. The second-order valence-corrected chi connectivity index (χ2v) is 6.28. The lowest BCUT2D eigenvalue weighted by molar-refractivity contribution is -0.135. The van der Waals surface area contributed by atoms with Crippen LogP contribution in [0.1, 0.15) is 17.3 Å². The highest BCUT2D eigenvalue weighted by Gasteiger charge is 2.44. The van der Waals surface area contributed by atoms with Gasteiger partial charge in [-0.2, -0.15) is 0 Å². The summed E-state index contributed by atoms with van der Waals surface area (Å²) in [4.78, 5) is 17.3. The standard InChI is InChI=1S/C19H23N3O2/c1-24-12-17(16-9-5-6-10-21-16)22-18(23)19(13-20-14-19)11-15-7-3-2-4-8-15/h2-10,17,20H,11-14H2,1H3,(H,22,23). The van der Waals surface area contributed by atoms with Gasteiger partial charge in [-0.3, -0.25) is 9.78 Å². The average molecular weight is 325 g/mol. The summed E-state index contributed by atoms with van der Waals surface area (Å²) >= 11 is 0. The van der Waals surface area contributed by atoms with Crippen molar-refractivity contribution in [1.82, 2.24) is 15.6 Å². The van der Waals surface area contributed by atoms with Crippen molar-refractivity contribution in [3.05, 3.63) is 66.0 Å². The van der Waals surface area contributed by atoms with E-state index < -0.39 is 5.41 Å². The lowest BCUT2D eigenvalue weighted by Crippen LogP contribution is -2.63. The van der Waals surface area contributed by atoms with Gasteiger partial charge in [0.1, 0.15) is 0 Å². The molecule has 5 heteroatoms. The van der Waals surface area contributed by atoms with E-state index in [0.29, 0.717) is 19.7 Å². The van der Waals surface area contributed by atoms with Gasteiger partial charge in [-0.15, -0.1) is 0 Å². The zero-order valence-electron chi connectivity index (χ0n) is 13.9. The Morgan fingerprint density at radius 1 is 1.25 bits per heavy atom. The molecule has 0 spiro atoms. The van der Waals surface area contributed by atoms with Crippen molar-refractivity contribution < 1.29 is 9.53 Å². The molecule has 1 aromatic heterocycles. The Bertz CT molecular complexity index is 657. The van der Waals surface area contributed by atoms with Gasteiger partial charge in [0.05, 0.1) is 23.8 Å². The number of carbonyl (C=O) groups excluding carboxylic acids is 1. The first-order chi connectivity index (χ1) is 11.7. The number of aromatic nitrogens is 1. The van der Waals surface area contributed by atoms with Crippen LogP contribution in [0.25, 0.3) is 0 Å². The summed E-state index contributed by atoms with van der Waals surface area (Å²) < 4.78 is 5.27. The van der Waals surface area contributed by atoms with Gasteiger partial charge in [0.2, 0.25) is 5.91 Å². The molecule has 2 N–H and O–H groups in total. The number of hydrogen-bond acceptors (Lipinski definition) is 4. The van der Waals surface area contributed by atoms with Crippen LogP contribution in [0.4, 0.5) is 0 Å². The second-order valence-electron chi connectivity index (χ2n) is 6.28. The Hall–Kier alpha value is -2.24. The van der Waals surface area contributed by atoms with Gasteiger partial charge in [-0.25, -0.2) is 0 Å². The number of benzene rings is 1. The fourth-order valence-corrected chi connectivity index (χ4v) is 3.04. The van der Waals surface area contributed by atoms with E-state index >= 15 is 0 Å². The predicted octanol–water partition coefficient (Wildman–Crippen LogP) is 1.72. The van der Waals surface area contributed by atoms with Crippen LogP contribution in [0.5, 0.6) is 0 Å². The smallest absolute Gasteiger partial charge is 0.229 e. The van der Waals surface area contributed by atoms with Gasteiger partial charge in [-0.05, 0) is 24.1 Å². The molecule has 2 heterocycles. The van der Waals surface area contributed by atoms with Crippen LogP contribution in [0.3, 0.4) is 0 Å². The van der Waals surface area contributed by atoms with Gasteiger partial charge in [0.15, 0.2) is 0 Å². The van der Waals surface area contributed by atoms with Crippen LogP contribution in [-0.4, -0.2) is 37.7 Å². The summed E-state index contributed by atoms with van der Waals surface area (Å²) in [5.41, 5.74) is 1.59. The van der Waals surface area contributed by atoms with Gasteiger partial charge < -0.3 is 15.4 Å². The molecule has 5 nitrogen and oxygen atoms in total. The monoisotopic (exact) mass is 325 g/mol. The molecule has 1 fully saturated rings. The largest absolute Gasteiger partial charge is 0.382 e. The Morgan fingerprint density at radius 2 is 2.00 bits per heavy atom. The molecule has 1 atom stereocenters. The van der Waals surface area contributed by atoms with E-state index in [1.54, 1.807) is 13.3 Å². The Morgan fingerprint density at radius 3 is 2.58 bits per heavy atom. The maximum atomic E-state index is 13.0. The summed E-state index contributed by atoms with van der Waals surface area (Å²) in [6.45, 7) is 1.78. The minimum atomic E-state index is -0.401. The number of rotatable bonds is 7. The van der Waals surface area contributed by atoms with Crippen LogP contribution in [0.2, 0.25) is 0 Å². The van der Waals surface area contributed by atoms with Crippen LogP contribution < -0.4 is 10.6 Å². The fourth-order valence-electron chi connectivity index (χ4n) is 3.04. The molecule has 1 unspecified atom stereocenters. The van der Waals surface area contributed by atoms with Gasteiger partial charge in [0.25, 0.3) is 0 Å². The highest BCUT2D eigenvalue weighted by atomic mass is 16.5. The molecular formula is C19H23N3O2. The number of amides is 1. The second kappa shape index (κ2) is 7.55. The molecule has 0 saturated carbocycles. The molecule has 2 aromatic rings. The lowest BCUT2D eigenvalue weighted by atomic mass is 9.75. The normalized spacial score (nSPS) is 16.9. The van der Waals surface area contributed by atoms with Crippen LogP contribution in [0.15, 0.2) is 54.7 Å². The van der Waals surface area contributed by atoms with E-state index in [1.807, 2.05) is 36.4 Å². The molecule has 0 radical (unpaired) electrons. The molecule has 1 aromatic carbocycles. The highest BCUT2D eigenvalue weighted by molar-refractivity contribution is 5.85. The molecule has 24 heavy (non-hydrogen) atoms. The molecule has 126 valence electrons. The number of hydrogen-bond donors (Lipinski definition) is 2. The van der Waals surface area contributed by atoms with Crippen molar-refractivity contribution >= 4 is 5.91 Å². The van der Waals surface area contributed by atoms with Crippen molar-refractivity contribution in [2.75, 3.05) is 26.8 Å². The number of methoxy groups -OCH3 is 1. The highest BCUT2D eigenvalue weighted by Crippen LogP contribution is 2.29. The molecule has 1 amide bonds. The Balaban J connectivity index is 1.73. The SMILES string of the molecule is COCC(NC(=O)C1(Cc2ccccc2)CNC1)c1ccccn1. The number of pyridine rings is 1. The molecular weight excluding hydrogens is 302 g/mol. The van der Waals surface area contributed by atoms with E-state index in [1.165, 1.54) is 5.56 Å². The first kappa shape index (κ1) is 16.6. The maximum absolute atomic E-state index is 13.0. The van der Waals surface area contributed by atoms with Crippen molar-refractivity contribution in [3.8, 4) is 0 Å². The Labute approximate surface area is 142 Å². The van der Waals surface area contributed by atoms with Crippen molar-refractivity contribution in [2.24, 2.45) is 5.41 Å². The molecule has 0 aliphatic carbocycles. The minimum Gasteiger partial charge on any atom is -0.382 e. The minimum absolute atomic E-state index is 0.0535. The topological polar surface area (TPSA) is 63.2 Å². The maximum Gasteiger partial charge on any atom is 0.229 e. The van der Waals surface area contributed by atoms with Gasteiger partial charge >= 0.3 is 0 Å². The molecule has 0 bridgehead atoms. The van der Waals surface area contributed by atoms with E-state index in [0.717, 1.165) is 12.1 Å². The lowest BCUT2D eigenvalue weighted by Gasteiger charge is -2.42. The van der Waals surface area contributed by atoms with Gasteiger partial charge in [0, 0.05) is 26.4 Å². The van der Waals surface area contributed by atoms with Crippen molar-refractivity contribution in [1.29, 1.82) is 0 Å². The van der Waals surface area contributed by atoms with E-state index in [2.05, 4.69) is 27.8 Å². The van der Waals surface area contributed by atoms with Crippen molar-refractivity contribution in [2.45, 2.75) is 12.5 Å². The zero-order chi connectivity index (χ0) is 16.8. The molecule has 3 rings (SSSR count). The third-order valence-corrected chi connectivity index (χ3v) is 4.48. The summed E-state index contributed by atoms with van der Waals surface area (Å²) in [5.74, 6) is 0.0535. The third-order valence-electron chi connectivity index (χ3n) is 4.48. The number of ether oxygens (including phenoxy) is 1. The molecule has 1 aliphatic rings. The summed E-state index contributed by atoms with van der Waals surface area (Å²) in [6.07, 6.45) is 2.46. The number of carbonyl (C=O) groups is 1. The first-order valence-corrected chi connectivity index (χ1v) is 8.19. The first-order valence-electron chi connectivity index (χ1n) is 8.19. The van der Waals surface area contributed by atoms with E-state index in [-0.39, 0.29) is 11.9 Å². The van der Waals surface area contributed by atoms with Crippen LogP contribution in [-0.2, 0) is 16.0 Å².